The summed E-state index contributed by atoms with van der Waals surface area (Å²) in [5.41, 5.74) is 5.77. The molecule has 204 valence electrons. The third-order valence-electron chi connectivity index (χ3n) is 6.61. The van der Waals surface area contributed by atoms with E-state index in [2.05, 4.69) is 49.3 Å². The smallest absolute Gasteiger partial charge is 0.208 e. The molecule has 0 atom stereocenters. The van der Waals surface area contributed by atoms with E-state index < -0.39 is 0 Å². The molecule has 7 nitrogen and oxygen atoms in total. The zero-order chi connectivity index (χ0) is 28.1. The van der Waals surface area contributed by atoms with E-state index in [1.165, 1.54) is 5.56 Å². The molecule has 40 heavy (non-hydrogen) atoms. The van der Waals surface area contributed by atoms with Gasteiger partial charge in [-0.05, 0) is 46.9 Å². The van der Waals surface area contributed by atoms with Crippen molar-refractivity contribution in [2.45, 2.75) is 39.2 Å². The summed E-state index contributed by atoms with van der Waals surface area (Å²) in [5.74, 6) is 1.97. The van der Waals surface area contributed by atoms with Crippen LogP contribution in [-0.2, 0) is 35.0 Å². The van der Waals surface area contributed by atoms with Crippen LogP contribution in [0.4, 0.5) is 11.6 Å². The van der Waals surface area contributed by atoms with Gasteiger partial charge in [0.2, 0.25) is 5.95 Å². The maximum absolute atomic E-state index is 12.4. The van der Waals surface area contributed by atoms with Crippen molar-refractivity contribution in [2.24, 2.45) is 7.05 Å². The van der Waals surface area contributed by atoms with Crippen LogP contribution in [0.3, 0.4) is 0 Å². The van der Waals surface area contributed by atoms with E-state index in [4.69, 9.17) is 14.5 Å². The zero-order valence-electron chi connectivity index (χ0n) is 23.3. The van der Waals surface area contributed by atoms with Crippen LogP contribution in [0.25, 0.3) is 11.0 Å². The molecule has 3 aromatic carbocycles. The Bertz CT molecular complexity index is 1620. The van der Waals surface area contributed by atoms with Gasteiger partial charge < -0.3 is 19.4 Å². The summed E-state index contributed by atoms with van der Waals surface area (Å²) in [6, 6.07) is 27.6. The molecular formula is C33H34N4O3. The SMILES string of the molecule is Cn1c(Nc2cccc(C(C)(C)C)c2)nc2cc(Oc3ccnc(CC(=O)COCc4ccccc4)c3)ccc21. The molecule has 0 saturated carbocycles. The van der Waals surface area contributed by atoms with Gasteiger partial charge in [-0.3, -0.25) is 9.78 Å². The summed E-state index contributed by atoms with van der Waals surface area (Å²) < 4.78 is 13.7. The lowest BCUT2D eigenvalue weighted by atomic mass is 9.87. The van der Waals surface area contributed by atoms with E-state index in [1.807, 2.05) is 66.2 Å². The number of nitrogens with one attached hydrogen (secondary N) is 1. The molecule has 0 amide bonds. The fourth-order valence-electron chi connectivity index (χ4n) is 4.41. The van der Waals surface area contributed by atoms with Crippen molar-refractivity contribution >= 4 is 28.5 Å². The summed E-state index contributed by atoms with van der Waals surface area (Å²) in [4.78, 5) is 21.6. The number of Topliss-reactive ketones (excluding diaryl/α,β-unsaturated/α-hetero) is 1. The highest BCUT2D eigenvalue weighted by Gasteiger charge is 2.15. The molecule has 0 unspecified atom stereocenters. The number of hydrogen-bond donors (Lipinski definition) is 1. The van der Waals surface area contributed by atoms with Crippen LogP contribution in [-0.4, -0.2) is 26.9 Å². The van der Waals surface area contributed by atoms with E-state index in [1.54, 1.807) is 18.3 Å². The number of aromatic nitrogens is 3. The second kappa shape index (κ2) is 11.7. The van der Waals surface area contributed by atoms with Crippen LogP contribution in [0.2, 0.25) is 0 Å². The molecule has 2 aromatic heterocycles. The molecule has 0 aliphatic heterocycles. The molecule has 0 aliphatic rings. The van der Waals surface area contributed by atoms with Crippen molar-refractivity contribution in [3.63, 3.8) is 0 Å². The van der Waals surface area contributed by atoms with Gasteiger partial charge in [-0.2, -0.15) is 0 Å². The molecule has 1 N–H and O–H groups in total. The summed E-state index contributed by atoms with van der Waals surface area (Å²) >= 11 is 0. The average Bonchev–Trinajstić information content (AvgIpc) is 3.23. The predicted molar refractivity (Wildman–Crippen MR) is 158 cm³/mol. The molecule has 0 radical (unpaired) electrons. The molecule has 0 fully saturated rings. The maximum atomic E-state index is 12.4. The second-order valence-electron chi connectivity index (χ2n) is 10.9. The highest BCUT2D eigenvalue weighted by Crippen LogP contribution is 2.30. The Hall–Kier alpha value is -4.49. The molecule has 5 aromatic rings. The summed E-state index contributed by atoms with van der Waals surface area (Å²) in [6.07, 6.45) is 1.83. The fourth-order valence-corrected chi connectivity index (χ4v) is 4.41. The molecule has 0 saturated heterocycles. The van der Waals surface area contributed by atoms with Crippen molar-refractivity contribution in [3.05, 3.63) is 108 Å². The highest BCUT2D eigenvalue weighted by molar-refractivity contribution is 5.82. The normalized spacial score (nSPS) is 11.5. The number of aryl methyl sites for hydroxylation is 1. The Morgan fingerprint density at radius 2 is 1.73 bits per heavy atom. The van der Waals surface area contributed by atoms with Gasteiger partial charge in [-0.1, -0.05) is 63.2 Å². The molecule has 5 rings (SSSR count). The topological polar surface area (TPSA) is 78.3 Å². The average molecular weight is 535 g/mol. The van der Waals surface area contributed by atoms with Gasteiger partial charge in [0.15, 0.2) is 5.78 Å². The maximum Gasteiger partial charge on any atom is 0.208 e. The zero-order valence-corrected chi connectivity index (χ0v) is 23.3. The third-order valence-corrected chi connectivity index (χ3v) is 6.61. The number of nitrogens with zero attached hydrogens (tertiary/aromatic N) is 3. The number of pyridine rings is 1. The minimum atomic E-state index is -0.0384. The first-order valence-corrected chi connectivity index (χ1v) is 13.3. The fraction of sp³-hybridized carbons (Fsp3) is 0.242. The Labute approximate surface area is 234 Å². The van der Waals surface area contributed by atoms with Gasteiger partial charge in [0.05, 0.1) is 29.8 Å². The molecule has 0 spiro atoms. The van der Waals surface area contributed by atoms with E-state index >= 15 is 0 Å². The Balaban J connectivity index is 1.23. The lowest BCUT2D eigenvalue weighted by Crippen LogP contribution is -2.12. The summed E-state index contributed by atoms with van der Waals surface area (Å²) in [7, 11) is 1.99. The van der Waals surface area contributed by atoms with Crippen LogP contribution >= 0.6 is 0 Å². The minimum absolute atomic E-state index is 0.0366. The number of benzene rings is 3. The van der Waals surface area contributed by atoms with E-state index in [9.17, 15) is 4.79 Å². The first-order chi connectivity index (χ1) is 19.2. The lowest BCUT2D eigenvalue weighted by Gasteiger charge is -2.20. The molecule has 0 aliphatic carbocycles. The van der Waals surface area contributed by atoms with E-state index in [-0.39, 0.29) is 24.2 Å². The minimum Gasteiger partial charge on any atom is -0.457 e. The molecule has 7 heteroatoms. The van der Waals surface area contributed by atoms with Crippen molar-refractivity contribution < 1.29 is 14.3 Å². The van der Waals surface area contributed by atoms with Gasteiger partial charge >= 0.3 is 0 Å². The number of anilines is 2. The number of hydrogen-bond acceptors (Lipinski definition) is 6. The lowest BCUT2D eigenvalue weighted by molar-refractivity contribution is -0.123. The first-order valence-electron chi connectivity index (χ1n) is 13.3. The van der Waals surface area contributed by atoms with Crippen LogP contribution in [0, 0.1) is 0 Å². The number of carbonyl (C=O) groups is 1. The molecular weight excluding hydrogens is 500 g/mol. The number of fused-ring (bicyclic) bond motifs is 1. The van der Waals surface area contributed by atoms with Crippen molar-refractivity contribution in [2.75, 3.05) is 11.9 Å². The highest BCUT2D eigenvalue weighted by atomic mass is 16.5. The summed E-state index contributed by atoms with van der Waals surface area (Å²) in [5, 5.41) is 3.45. The largest absolute Gasteiger partial charge is 0.457 e. The van der Waals surface area contributed by atoms with E-state index in [0.29, 0.717) is 23.8 Å². The van der Waals surface area contributed by atoms with Gasteiger partial charge in [0.1, 0.15) is 18.1 Å². The standard InChI is InChI=1S/C33H34N4O3/c1-33(2,3)24-11-8-12-25(17-24)35-32-36-30-20-28(13-14-31(30)37(32)4)40-29-15-16-34-26(19-29)18-27(38)22-39-21-23-9-6-5-7-10-23/h5-17,19-20H,18,21-22H2,1-4H3,(H,35,36). The van der Waals surface area contributed by atoms with Crippen molar-refractivity contribution in [1.29, 1.82) is 0 Å². The van der Waals surface area contributed by atoms with Crippen molar-refractivity contribution in [1.82, 2.24) is 14.5 Å². The van der Waals surface area contributed by atoms with E-state index in [0.717, 1.165) is 28.2 Å². The van der Waals surface area contributed by atoms with Crippen LogP contribution in [0.15, 0.2) is 91.1 Å². The van der Waals surface area contributed by atoms with Gasteiger partial charge in [-0.15, -0.1) is 0 Å². The monoisotopic (exact) mass is 534 g/mol. The summed E-state index contributed by atoms with van der Waals surface area (Å²) in [6.45, 7) is 7.05. The Morgan fingerprint density at radius 1 is 0.925 bits per heavy atom. The Morgan fingerprint density at radius 3 is 2.52 bits per heavy atom. The van der Waals surface area contributed by atoms with Gasteiger partial charge in [0.25, 0.3) is 0 Å². The second-order valence-corrected chi connectivity index (χ2v) is 10.9. The third kappa shape index (κ3) is 6.74. The number of imidazole rings is 1. The van der Waals surface area contributed by atoms with Gasteiger partial charge in [0, 0.05) is 31.1 Å². The van der Waals surface area contributed by atoms with Crippen LogP contribution in [0.1, 0.15) is 37.6 Å². The van der Waals surface area contributed by atoms with Crippen LogP contribution in [0.5, 0.6) is 11.5 Å². The van der Waals surface area contributed by atoms with Crippen LogP contribution < -0.4 is 10.1 Å². The quantitative estimate of drug-likeness (QED) is 0.205. The number of ketones is 1. The number of carbonyl (C=O) groups excluding carboxylic acids is 1. The molecule has 2 heterocycles. The van der Waals surface area contributed by atoms with Crippen molar-refractivity contribution in [3.8, 4) is 11.5 Å². The Kier molecular flexibility index (Phi) is 7.94. The number of ether oxygens (including phenoxy) is 2. The predicted octanol–water partition coefficient (Wildman–Crippen LogP) is 7.13. The first kappa shape index (κ1) is 27.1. The number of rotatable bonds is 10. The van der Waals surface area contributed by atoms with Gasteiger partial charge in [-0.25, -0.2) is 4.98 Å². The molecule has 0 bridgehead atoms.